The largest absolute Gasteiger partial charge is 0.343 e. The van der Waals surface area contributed by atoms with E-state index in [9.17, 15) is 4.79 Å². The van der Waals surface area contributed by atoms with Crippen molar-refractivity contribution in [1.82, 2.24) is 5.32 Å². The second-order valence-corrected chi connectivity index (χ2v) is 6.12. The molecule has 0 aromatic heterocycles. The molecule has 4 heteroatoms. The van der Waals surface area contributed by atoms with Crippen molar-refractivity contribution in [2.45, 2.75) is 56.2 Å². The highest BCUT2D eigenvalue weighted by molar-refractivity contribution is 8.14. The van der Waals surface area contributed by atoms with Gasteiger partial charge in [-0.1, -0.05) is 38.5 Å². The molecule has 1 saturated carbocycles. The molecule has 0 bridgehead atoms. The van der Waals surface area contributed by atoms with Gasteiger partial charge in [-0.05, 0) is 12.8 Å². The highest BCUT2D eigenvalue weighted by atomic mass is 35.5. The highest BCUT2D eigenvalue weighted by Crippen LogP contribution is 2.24. The van der Waals surface area contributed by atoms with Gasteiger partial charge in [0.05, 0.1) is 5.38 Å². The summed E-state index contributed by atoms with van der Waals surface area (Å²) < 4.78 is 0. The third-order valence-electron chi connectivity index (χ3n) is 2.33. The van der Waals surface area contributed by atoms with Gasteiger partial charge < -0.3 is 5.32 Å². The molecule has 1 aliphatic rings. The SMILES string of the molecule is CC(C)SC(=O)N[C@H]1CCCC[C@@H]1Cl. The molecule has 82 valence electrons. The van der Waals surface area contributed by atoms with Crippen molar-refractivity contribution in [3.05, 3.63) is 0 Å². The Morgan fingerprint density at radius 1 is 1.43 bits per heavy atom. The topological polar surface area (TPSA) is 29.1 Å². The first-order valence-electron chi connectivity index (χ1n) is 5.21. The number of amides is 1. The zero-order valence-corrected chi connectivity index (χ0v) is 10.3. The Balaban J connectivity index is 2.31. The van der Waals surface area contributed by atoms with Gasteiger partial charge in [0.25, 0.3) is 5.24 Å². The molecule has 1 aliphatic carbocycles. The Bertz CT molecular complexity index is 199. The van der Waals surface area contributed by atoms with Crippen LogP contribution in [0.2, 0.25) is 0 Å². The van der Waals surface area contributed by atoms with Gasteiger partial charge in [0.1, 0.15) is 0 Å². The summed E-state index contributed by atoms with van der Waals surface area (Å²) in [6.45, 7) is 4.03. The zero-order chi connectivity index (χ0) is 10.6. The Kier molecular flexibility index (Phi) is 5.10. The van der Waals surface area contributed by atoms with Gasteiger partial charge in [0.15, 0.2) is 0 Å². The predicted molar refractivity (Wildman–Crippen MR) is 63.2 cm³/mol. The number of thioether (sulfide) groups is 1. The van der Waals surface area contributed by atoms with E-state index < -0.39 is 0 Å². The summed E-state index contributed by atoms with van der Waals surface area (Å²) in [6.07, 6.45) is 4.43. The summed E-state index contributed by atoms with van der Waals surface area (Å²) in [7, 11) is 0. The first-order valence-corrected chi connectivity index (χ1v) is 6.52. The maximum Gasteiger partial charge on any atom is 0.279 e. The van der Waals surface area contributed by atoms with Crippen LogP contribution in [0.25, 0.3) is 0 Å². The number of alkyl halides is 1. The summed E-state index contributed by atoms with van der Waals surface area (Å²) in [5, 5.41) is 3.52. The Morgan fingerprint density at radius 3 is 2.64 bits per heavy atom. The van der Waals surface area contributed by atoms with Crippen molar-refractivity contribution < 1.29 is 4.79 Å². The van der Waals surface area contributed by atoms with Crippen LogP contribution in [0.5, 0.6) is 0 Å². The van der Waals surface area contributed by atoms with Gasteiger partial charge in [-0.25, -0.2) is 0 Å². The summed E-state index contributed by atoms with van der Waals surface area (Å²) in [5.74, 6) is 0. The summed E-state index contributed by atoms with van der Waals surface area (Å²) in [4.78, 5) is 11.5. The van der Waals surface area contributed by atoms with E-state index in [1.807, 2.05) is 13.8 Å². The van der Waals surface area contributed by atoms with Gasteiger partial charge in [0, 0.05) is 11.3 Å². The minimum absolute atomic E-state index is 0.0672. The smallest absolute Gasteiger partial charge is 0.279 e. The van der Waals surface area contributed by atoms with E-state index in [4.69, 9.17) is 11.6 Å². The summed E-state index contributed by atoms with van der Waals surface area (Å²) in [5.41, 5.74) is 0. The molecular weight excluding hydrogens is 218 g/mol. The summed E-state index contributed by atoms with van der Waals surface area (Å²) in [6, 6.07) is 0.184. The standard InChI is InChI=1S/C10H18ClNOS/c1-7(2)14-10(13)12-9-6-4-3-5-8(9)11/h7-9H,3-6H2,1-2H3,(H,12,13)/t8-,9-/m0/s1. The lowest BCUT2D eigenvalue weighted by molar-refractivity contribution is 0.253. The predicted octanol–water partition coefficient (Wildman–Crippen LogP) is 3.39. The van der Waals surface area contributed by atoms with Crippen molar-refractivity contribution in [1.29, 1.82) is 0 Å². The Labute approximate surface area is 95.2 Å². The van der Waals surface area contributed by atoms with Crippen molar-refractivity contribution in [2.24, 2.45) is 0 Å². The minimum atomic E-state index is 0.0672. The first kappa shape index (κ1) is 12.2. The normalized spacial score (nSPS) is 27.7. The molecular formula is C10H18ClNOS. The van der Waals surface area contributed by atoms with Crippen molar-refractivity contribution >= 4 is 28.6 Å². The second-order valence-electron chi connectivity index (χ2n) is 4.01. The van der Waals surface area contributed by atoms with Crippen LogP contribution in [-0.2, 0) is 0 Å². The molecule has 1 N–H and O–H groups in total. The van der Waals surface area contributed by atoms with Gasteiger partial charge in [-0.3, -0.25) is 4.79 Å². The number of rotatable bonds is 2. The number of hydrogen-bond acceptors (Lipinski definition) is 2. The lowest BCUT2D eigenvalue weighted by Gasteiger charge is -2.27. The molecule has 1 amide bonds. The fourth-order valence-electron chi connectivity index (χ4n) is 1.65. The van der Waals surface area contributed by atoms with Crippen LogP contribution in [-0.4, -0.2) is 21.9 Å². The van der Waals surface area contributed by atoms with Gasteiger partial charge in [-0.2, -0.15) is 0 Å². The number of nitrogens with one attached hydrogen (secondary N) is 1. The molecule has 14 heavy (non-hydrogen) atoms. The number of carbonyl (C=O) groups is 1. The van der Waals surface area contributed by atoms with Crippen molar-refractivity contribution in [3.63, 3.8) is 0 Å². The van der Waals surface area contributed by atoms with Crippen LogP contribution in [0.3, 0.4) is 0 Å². The molecule has 0 aromatic carbocycles. The van der Waals surface area contributed by atoms with Gasteiger partial charge >= 0.3 is 0 Å². The number of halogens is 1. The molecule has 2 atom stereocenters. The van der Waals surface area contributed by atoms with E-state index in [1.165, 1.54) is 24.6 Å². The van der Waals surface area contributed by atoms with E-state index in [0.717, 1.165) is 12.8 Å². The molecule has 0 unspecified atom stereocenters. The molecule has 0 saturated heterocycles. The van der Waals surface area contributed by atoms with Crippen LogP contribution >= 0.6 is 23.4 Å². The molecule has 2 nitrogen and oxygen atoms in total. The molecule has 0 heterocycles. The molecule has 1 rings (SSSR count). The third-order valence-corrected chi connectivity index (χ3v) is 3.65. The fraction of sp³-hybridized carbons (Fsp3) is 0.900. The quantitative estimate of drug-likeness (QED) is 0.744. The lowest BCUT2D eigenvalue weighted by atomic mass is 9.95. The molecule has 0 aromatic rings. The van der Waals surface area contributed by atoms with E-state index in [-0.39, 0.29) is 16.7 Å². The maximum atomic E-state index is 11.5. The van der Waals surface area contributed by atoms with Crippen LogP contribution < -0.4 is 5.32 Å². The van der Waals surface area contributed by atoms with Crippen LogP contribution in [0.1, 0.15) is 39.5 Å². The Morgan fingerprint density at radius 2 is 2.07 bits per heavy atom. The first-order chi connectivity index (χ1) is 6.59. The molecule has 0 radical (unpaired) electrons. The van der Waals surface area contributed by atoms with Crippen LogP contribution in [0.4, 0.5) is 4.79 Å². The van der Waals surface area contributed by atoms with Crippen molar-refractivity contribution in [2.75, 3.05) is 0 Å². The average Bonchev–Trinajstić information content (AvgIpc) is 2.07. The third kappa shape index (κ3) is 4.09. The monoisotopic (exact) mass is 235 g/mol. The van der Waals surface area contributed by atoms with Crippen LogP contribution in [0, 0.1) is 0 Å². The van der Waals surface area contributed by atoms with Crippen LogP contribution in [0.15, 0.2) is 0 Å². The average molecular weight is 236 g/mol. The maximum absolute atomic E-state index is 11.5. The molecule has 1 fully saturated rings. The summed E-state index contributed by atoms with van der Waals surface area (Å²) >= 11 is 7.48. The zero-order valence-electron chi connectivity index (χ0n) is 8.75. The van der Waals surface area contributed by atoms with Gasteiger partial charge in [0.2, 0.25) is 0 Å². The molecule has 0 aliphatic heterocycles. The number of carbonyl (C=O) groups excluding carboxylic acids is 1. The Hall–Kier alpha value is 0.110. The lowest BCUT2D eigenvalue weighted by Crippen LogP contribution is -2.41. The number of hydrogen-bond donors (Lipinski definition) is 1. The van der Waals surface area contributed by atoms with E-state index in [0.29, 0.717) is 5.25 Å². The van der Waals surface area contributed by atoms with E-state index in [2.05, 4.69) is 5.32 Å². The molecule has 0 spiro atoms. The van der Waals surface area contributed by atoms with E-state index >= 15 is 0 Å². The minimum Gasteiger partial charge on any atom is -0.343 e. The van der Waals surface area contributed by atoms with Gasteiger partial charge in [-0.15, -0.1) is 11.6 Å². The highest BCUT2D eigenvalue weighted by Gasteiger charge is 2.24. The fourth-order valence-corrected chi connectivity index (χ4v) is 2.64. The van der Waals surface area contributed by atoms with Crippen molar-refractivity contribution in [3.8, 4) is 0 Å². The van der Waals surface area contributed by atoms with E-state index in [1.54, 1.807) is 0 Å². The second kappa shape index (κ2) is 5.86.